The monoisotopic (exact) mass is 487 g/mol. The van der Waals surface area contributed by atoms with E-state index in [2.05, 4.69) is 10.2 Å². The molecular formula is C27H25N3O4S. The third-order valence-electron chi connectivity index (χ3n) is 5.09. The Morgan fingerprint density at radius 3 is 2.54 bits per heavy atom. The maximum Gasteiger partial charge on any atom is 0.267 e. The van der Waals surface area contributed by atoms with E-state index in [4.69, 9.17) is 13.9 Å². The van der Waals surface area contributed by atoms with E-state index in [0.717, 1.165) is 16.7 Å². The predicted octanol–water partition coefficient (Wildman–Crippen LogP) is 5.75. The molecule has 0 unspecified atom stereocenters. The van der Waals surface area contributed by atoms with Gasteiger partial charge in [0.1, 0.15) is 5.76 Å². The molecule has 0 aliphatic carbocycles. The van der Waals surface area contributed by atoms with Crippen LogP contribution in [0.1, 0.15) is 23.8 Å². The minimum atomic E-state index is -0.146. The summed E-state index contributed by atoms with van der Waals surface area (Å²) in [6.45, 7) is 2.23. The highest BCUT2D eigenvalue weighted by Gasteiger charge is 2.34. The quantitative estimate of drug-likeness (QED) is 0.230. The highest BCUT2D eigenvalue weighted by molar-refractivity contribution is 8.18. The first kappa shape index (κ1) is 24.1. The number of amidine groups is 1. The van der Waals surface area contributed by atoms with Crippen LogP contribution in [0.5, 0.6) is 11.5 Å². The van der Waals surface area contributed by atoms with Gasteiger partial charge in [-0.2, -0.15) is 5.10 Å². The Morgan fingerprint density at radius 2 is 1.83 bits per heavy atom. The van der Waals surface area contributed by atoms with Gasteiger partial charge < -0.3 is 13.9 Å². The van der Waals surface area contributed by atoms with Gasteiger partial charge in [0.15, 0.2) is 16.7 Å². The van der Waals surface area contributed by atoms with Crippen LogP contribution in [0.25, 0.3) is 6.08 Å². The Morgan fingerprint density at radius 1 is 1.03 bits per heavy atom. The SMILES string of the molecule is COc1ccc(/C=N/N=C2\S/C(=C\C(C)=C\c3ccccc3)C(=O)N2Cc2ccco2)cc1OC. The Labute approximate surface area is 208 Å². The molecule has 0 spiro atoms. The molecule has 0 N–H and O–H groups in total. The van der Waals surface area contributed by atoms with Gasteiger partial charge in [0.05, 0.1) is 38.1 Å². The van der Waals surface area contributed by atoms with Gasteiger partial charge in [0.25, 0.3) is 5.91 Å². The van der Waals surface area contributed by atoms with Crippen LogP contribution in [0.15, 0.2) is 98.1 Å². The van der Waals surface area contributed by atoms with E-state index in [-0.39, 0.29) is 12.5 Å². The molecule has 1 amide bonds. The molecule has 0 bridgehead atoms. The first-order chi connectivity index (χ1) is 17.1. The van der Waals surface area contributed by atoms with Crippen molar-refractivity contribution in [3.63, 3.8) is 0 Å². The lowest BCUT2D eigenvalue weighted by atomic mass is 10.1. The van der Waals surface area contributed by atoms with Crippen molar-refractivity contribution in [2.24, 2.45) is 10.2 Å². The molecule has 1 aliphatic rings. The van der Waals surface area contributed by atoms with Crippen LogP contribution in [0.2, 0.25) is 0 Å². The van der Waals surface area contributed by atoms with E-state index >= 15 is 0 Å². The maximum absolute atomic E-state index is 13.2. The second kappa shape index (κ2) is 11.4. The molecule has 2 heterocycles. The summed E-state index contributed by atoms with van der Waals surface area (Å²) in [5, 5.41) is 9.05. The van der Waals surface area contributed by atoms with Crippen molar-refractivity contribution < 1.29 is 18.7 Å². The number of carbonyl (C=O) groups excluding carboxylic acids is 1. The number of methoxy groups -OCH3 is 2. The van der Waals surface area contributed by atoms with Crippen LogP contribution in [-0.4, -0.2) is 36.4 Å². The molecule has 35 heavy (non-hydrogen) atoms. The van der Waals surface area contributed by atoms with Gasteiger partial charge in [0, 0.05) is 0 Å². The average Bonchev–Trinajstić information content (AvgIpc) is 3.49. The zero-order valence-corrected chi connectivity index (χ0v) is 20.5. The lowest BCUT2D eigenvalue weighted by Crippen LogP contribution is -2.28. The van der Waals surface area contributed by atoms with Crippen molar-refractivity contribution in [2.75, 3.05) is 14.2 Å². The fourth-order valence-electron chi connectivity index (χ4n) is 3.42. The summed E-state index contributed by atoms with van der Waals surface area (Å²) in [6, 6.07) is 19.0. The molecule has 1 saturated heterocycles. The molecule has 1 aromatic heterocycles. The summed E-state index contributed by atoms with van der Waals surface area (Å²) >= 11 is 1.28. The molecule has 1 fully saturated rings. The fourth-order valence-corrected chi connectivity index (χ4v) is 4.40. The predicted molar refractivity (Wildman–Crippen MR) is 140 cm³/mol. The molecule has 1 aliphatic heterocycles. The van der Waals surface area contributed by atoms with E-state index in [9.17, 15) is 4.79 Å². The average molecular weight is 488 g/mol. The lowest BCUT2D eigenvalue weighted by molar-refractivity contribution is -0.122. The molecule has 2 aromatic carbocycles. The van der Waals surface area contributed by atoms with Gasteiger partial charge in [-0.15, -0.1) is 5.10 Å². The number of hydrogen-bond donors (Lipinski definition) is 0. The molecule has 0 saturated carbocycles. The number of rotatable bonds is 8. The van der Waals surface area contributed by atoms with Crippen molar-refractivity contribution in [3.8, 4) is 11.5 Å². The smallest absolute Gasteiger partial charge is 0.267 e. The Kier molecular flexibility index (Phi) is 7.84. The van der Waals surface area contributed by atoms with Crippen molar-refractivity contribution in [2.45, 2.75) is 13.5 Å². The Balaban J connectivity index is 1.59. The summed E-state index contributed by atoms with van der Waals surface area (Å²) in [5.74, 6) is 1.74. The summed E-state index contributed by atoms with van der Waals surface area (Å²) in [7, 11) is 3.16. The van der Waals surface area contributed by atoms with Crippen LogP contribution in [0.3, 0.4) is 0 Å². The molecule has 8 heteroatoms. The van der Waals surface area contributed by atoms with E-state index in [1.54, 1.807) is 49.8 Å². The van der Waals surface area contributed by atoms with Crippen LogP contribution in [0.4, 0.5) is 0 Å². The van der Waals surface area contributed by atoms with Crippen LogP contribution >= 0.6 is 11.8 Å². The minimum Gasteiger partial charge on any atom is -0.493 e. The zero-order chi connectivity index (χ0) is 24.6. The molecule has 7 nitrogen and oxygen atoms in total. The summed E-state index contributed by atoms with van der Waals surface area (Å²) in [6.07, 6.45) is 7.09. The number of furan rings is 1. The number of nitrogens with zero attached hydrogens (tertiary/aromatic N) is 3. The number of carbonyl (C=O) groups is 1. The van der Waals surface area contributed by atoms with E-state index in [1.807, 2.05) is 61.5 Å². The third-order valence-corrected chi connectivity index (χ3v) is 6.09. The van der Waals surface area contributed by atoms with Gasteiger partial charge in [-0.05, 0) is 71.8 Å². The number of thioether (sulfide) groups is 1. The standard InChI is InChI=1S/C27H25N3O4S/c1-19(14-20-8-5-4-6-9-20)15-25-26(31)30(18-22-10-7-13-34-22)27(35-25)29-28-17-21-11-12-23(32-2)24(16-21)33-3/h4-17H,18H2,1-3H3/b19-14+,25-15-,28-17+,29-27-. The van der Waals surface area contributed by atoms with Crippen molar-refractivity contribution >= 4 is 35.1 Å². The summed E-state index contributed by atoms with van der Waals surface area (Å²) < 4.78 is 16.1. The molecular weight excluding hydrogens is 462 g/mol. The van der Waals surface area contributed by atoms with Gasteiger partial charge in [-0.3, -0.25) is 9.69 Å². The van der Waals surface area contributed by atoms with Crippen LogP contribution in [-0.2, 0) is 11.3 Å². The first-order valence-corrected chi connectivity index (χ1v) is 11.7. The Hall–Kier alpha value is -4.04. The van der Waals surface area contributed by atoms with E-state index in [1.165, 1.54) is 11.8 Å². The van der Waals surface area contributed by atoms with Crippen molar-refractivity contribution in [1.82, 2.24) is 4.90 Å². The molecule has 0 radical (unpaired) electrons. The van der Waals surface area contributed by atoms with Crippen molar-refractivity contribution in [3.05, 3.63) is 100 Å². The number of amides is 1. The van der Waals surface area contributed by atoms with Crippen LogP contribution < -0.4 is 9.47 Å². The molecule has 0 atom stereocenters. The summed E-state index contributed by atoms with van der Waals surface area (Å²) in [5.41, 5.74) is 2.81. The second-order valence-electron chi connectivity index (χ2n) is 7.62. The number of ether oxygens (including phenoxy) is 2. The molecule has 4 rings (SSSR count). The van der Waals surface area contributed by atoms with Crippen LogP contribution in [0, 0.1) is 0 Å². The van der Waals surface area contributed by atoms with Crippen molar-refractivity contribution in [1.29, 1.82) is 0 Å². The lowest BCUT2D eigenvalue weighted by Gasteiger charge is -2.12. The molecule has 3 aromatic rings. The number of hydrogen-bond acceptors (Lipinski definition) is 7. The van der Waals surface area contributed by atoms with Gasteiger partial charge in [-0.1, -0.05) is 36.4 Å². The normalized spacial score (nSPS) is 16.6. The second-order valence-corrected chi connectivity index (χ2v) is 8.63. The fraction of sp³-hybridized carbons (Fsp3) is 0.148. The Bertz CT molecular complexity index is 1300. The minimum absolute atomic E-state index is 0.146. The number of allylic oxidation sites excluding steroid dienone is 2. The van der Waals surface area contributed by atoms with E-state index < -0.39 is 0 Å². The van der Waals surface area contributed by atoms with Gasteiger partial charge in [0.2, 0.25) is 0 Å². The highest BCUT2D eigenvalue weighted by Crippen LogP contribution is 2.33. The maximum atomic E-state index is 13.2. The topological polar surface area (TPSA) is 76.6 Å². The first-order valence-electron chi connectivity index (χ1n) is 10.9. The molecule has 178 valence electrons. The highest BCUT2D eigenvalue weighted by atomic mass is 32.2. The number of benzene rings is 2. The largest absolute Gasteiger partial charge is 0.493 e. The van der Waals surface area contributed by atoms with E-state index in [0.29, 0.717) is 27.3 Å². The summed E-state index contributed by atoms with van der Waals surface area (Å²) in [4.78, 5) is 15.4. The zero-order valence-electron chi connectivity index (χ0n) is 19.7. The van der Waals surface area contributed by atoms with Gasteiger partial charge >= 0.3 is 0 Å². The third kappa shape index (κ3) is 6.10. The van der Waals surface area contributed by atoms with Gasteiger partial charge in [-0.25, -0.2) is 0 Å².